The number of hydrogen-bond donors (Lipinski definition) is 2. The zero-order valence-electron chi connectivity index (χ0n) is 14.4. The lowest BCUT2D eigenvalue weighted by atomic mass is 10.1. The van der Waals surface area contributed by atoms with Crippen molar-refractivity contribution < 1.29 is 5.11 Å². The van der Waals surface area contributed by atoms with Gasteiger partial charge in [-0.3, -0.25) is 9.67 Å². The standard InChI is InChI=1S/C18H17N7O/c1-11-5-18(23-20-7-11)22-17-4-3-14-15(21-17)6-12(8-19-14)13-9-25(2)24-16(13)10-26/h3-9,26H,10H2,1-2H3,(H,21,22,23). The van der Waals surface area contributed by atoms with E-state index in [1.165, 1.54) is 0 Å². The van der Waals surface area contributed by atoms with Gasteiger partial charge in [0.1, 0.15) is 5.82 Å². The molecule has 0 aromatic carbocycles. The topological polar surface area (TPSA) is 102 Å². The van der Waals surface area contributed by atoms with Crippen LogP contribution in [0.2, 0.25) is 0 Å². The Bertz CT molecular complexity index is 1090. The fourth-order valence-electron chi connectivity index (χ4n) is 2.77. The third-order valence-electron chi connectivity index (χ3n) is 3.95. The maximum atomic E-state index is 9.50. The zero-order chi connectivity index (χ0) is 18.1. The van der Waals surface area contributed by atoms with Gasteiger partial charge < -0.3 is 10.4 Å². The molecule has 0 radical (unpaired) electrons. The second kappa shape index (κ2) is 6.49. The summed E-state index contributed by atoms with van der Waals surface area (Å²) in [4.78, 5) is 9.09. The van der Waals surface area contributed by atoms with E-state index >= 15 is 0 Å². The molecule has 0 aliphatic rings. The first kappa shape index (κ1) is 16.1. The van der Waals surface area contributed by atoms with E-state index in [2.05, 4.69) is 30.6 Å². The molecule has 2 N–H and O–H groups in total. The molecule has 130 valence electrons. The number of pyridine rings is 2. The molecule has 0 atom stereocenters. The van der Waals surface area contributed by atoms with Crippen molar-refractivity contribution in [2.24, 2.45) is 7.05 Å². The first-order valence-corrected chi connectivity index (χ1v) is 8.09. The molecule has 4 aromatic heterocycles. The predicted octanol–water partition coefficient (Wildman–Crippen LogP) is 2.36. The van der Waals surface area contributed by atoms with E-state index in [0.29, 0.717) is 17.3 Å². The number of nitrogens with zero attached hydrogens (tertiary/aromatic N) is 6. The molecule has 0 amide bonds. The quantitative estimate of drug-likeness (QED) is 0.584. The number of aliphatic hydroxyl groups is 1. The second-order valence-corrected chi connectivity index (χ2v) is 6.02. The molecule has 8 nitrogen and oxygen atoms in total. The van der Waals surface area contributed by atoms with Crippen LogP contribution in [0.1, 0.15) is 11.3 Å². The van der Waals surface area contributed by atoms with Crippen LogP contribution in [0.15, 0.2) is 42.9 Å². The van der Waals surface area contributed by atoms with Crippen LogP contribution in [0.4, 0.5) is 11.6 Å². The summed E-state index contributed by atoms with van der Waals surface area (Å²) in [6, 6.07) is 7.58. The molecule has 0 saturated carbocycles. The Morgan fingerprint density at radius 3 is 2.81 bits per heavy atom. The Balaban J connectivity index is 1.72. The Labute approximate surface area is 149 Å². The molecule has 26 heavy (non-hydrogen) atoms. The molecule has 8 heteroatoms. The molecule has 0 aliphatic carbocycles. The summed E-state index contributed by atoms with van der Waals surface area (Å²) in [5, 5.41) is 24.9. The van der Waals surface area contributed by atoms with Gasteiger partial charge in [-0.15, -0.1) is 5.10 Å². The average Bonchev–Trinajstić information content (AvgIpc) is 3.02. The van der Waals surface area contributed by atoms with Gasteiger partial charge in [-0.25, -0.2) is 4.98 Å². The van der Waals surface area contributed by atoms with E-state index in [1.807, 2.05) is 44.4 Å². The van der Waals surface area contributed by atoms with E-state index in [4.69, 9.17) is 0 Å². The van der Waals surface area contributed by atoms with Crippen molar-refractivity contribution in [2.75, 3.05) is 5.32 Å². The minimum Gasteiger partial charge on any atom is -0.390 e. The van der Waals surface area contributed by atoms with Crippen LogP contribution in [0, 0.1) is 6.92 Å². The largest absolute Gasteiger partial charge is 0.390 e. The summed E-state index contributed by atoms with van der Waals surface area (Å²) in [6.45, 7) is 1.83. The second-order valence-electron chi connectivity index (χ2n) is 6.02. The lowest BCUT2D eigenvalue weighted by molar-refractivity contribution is 0.276. The lowest BCUT2D eigenvalue weighted by Gasteiger charge is -2.07. The third-order valence-corrected chi connectivity index (χ3v) is 3.95. The van der Waals surface area contributed by atoms with Crippen LogP contribution in [-0.4, -0.2) is 35.1 Å². The molecule has 0 fully saturated rings. The number of hydrogen-bond acceptors (Lipinski definition) is 7. The molecular weight excluding hydrogens is 330 g/mol. The van der Waals surface area contributed by atoms with Crippen molar-refractivity contribution in [1.82, 2.24) is 29.9 Å². The van der Waals surface area contributed by atoms with Crippen molar-refractivity contribution in [3.8, 4) is 11.1 Å². The predicted molar refractivity (Wildman–Crippen MR) is 97.7 cm³/mol. The van der Waals surface area contributed by atoms with Gasteiger partial charge in [0, 0.05) is 30.6 Å². The van der Waals surface area contributed by atoms with Gasteiger partial charge in [-0.2, -0.15) is 10.2 Å². The van der Waals surface area contributed by atoms with Gasteiger partial charge in [0.15, 0.2) is 5.82 Å². The highest BCUT2D eigenvalue weighted by Crippen LogP contribution is 2.26. The van der Waals surface area contributed by atoms with Gasteiger partial charge in [0.05, 0.1) is 29.5 Å². The Morgan fingerprint density at radius 1 is 1.12 bits per heavy atom. The number of fused-ring (bicyclic) bond motifs is 1. The normalized spacial score (nSPS) is 11.0. The van der Waals surface area contributed by atoms with Gasteiger partial charge >= 0.3 is 0 Å². The minimum atomic E-state index is -0.130. The summed E-state index contributed by atoms with van der Waals surface area (Å²) >= 11 is 0. The molecule has 4 heterocycles. The summed E-state index contributed by atoms with van der Waals surface area (Å²) in [5.41, 5.74) is 4.84. The highest BCUT2D eigenvalue weighted by molar-refractivity contribution is 5.82. The zero-order valence-corrected chi connectivity index (χ0v) is 14.4. The van der Waals surface area contributed by atoms with Crippen molar-refractivity contribution in [2.45, 2.75) is 13.5 Å². The third kappa shape index (κ3) is 3.09. The smallest absolute Gasteiger partial charge is 0.154 e. The van der Waals surface area contributed by atoms with Crippen LogP contribution in [0.3, 0.4) is 0 Å². The first-order chi connectivity index (χ1) is 12.6. The summed E-state index contributed by atoms with van der Waals surface area (Å²) < 4.78 is 1.67. The number of anilines is 2. The van der Waals surface area contributed by atoms with Crippen molar-refractivity contribution in [1.29, 1.82) is 0 Å². The number of rotatable bonds is 4. The van der Waals surface area contributed by atoms with Crippen LogP contribution in [-0.2, 0) is 13.7 Å². The first-order valence-electron chi connectivity index (χ1n) is 8.09. The summed E-state index contributed by atoms with van der Waals surface area (Å²) in [7, 11) is 1.82. The van der Waals surface area contributed by atoms with Crippen molar-refractivity contribution in [3.05, 3.63) is 54.1 Å². The van der Waals surface area contributed by atoms with E-state index in [-0.39, 0.29) is 6.61 Å². The van der Waals surface area contributed by atoms with E-state index in [9.17, 15) is 5.11 Å². The molecule has 0 saturated heterocycles. The molecule has 0 unspecified atom stereocenters. The number of aliphatic hydroxyl groups excluding tert-OH is 1. The van der Waals surface area contributed by atoms with Crippen LogP contribution in [0.25, 0.3) is 22.2 Å². The minimum absolute atomic E-state index is 0.130. The summed E-state index contributed by atoms with van der Waals surface area (Å²) in [6.07, 6.45) is 5.32. The number of aromatic nitrogens is 6. The monoisotopic (exact) mass is 347 g/mol. The molecule has 0 bridgehead atoms. The molecule has 0 spiro atoms. The van der Waals surface area contributed by atoms with Crippen LogP contribution < -0.4 is 5.32 Å². The Morgan fingerprint density at radius 2 is 2.00 bits per heavy atom. The fraction of sp³-hybridized carbons (Fsp3) is 0.167. The highest BCUT2D eigenvalue weighted by Gasteiger charge is 2.11. The Kier molecular flexibility index (Phi) is 4.02. The van der Waals surface area contributed by atoms with Gasteiger partial charge in [0.25, 0.3) is 0 Å². The van der Waals surface area contributed by atoms with Crippen LogP contribution >= 0.6 is 0 Å². The highest BCUT2D eigenvalue weighted by atomic mass is 16.3. The molecule has 0 aliphatic heterocycles. The van der Waals surface area contributed by atoms with E-state index < -0.39 is 0 Å². The van der Waals surface area contributed by atoms with Gasteiger partial charge in [0.2, 0.25) is 0 Å². The van der Waals surface area contributed by atoms with Crippen molar-refractivity contribution >= 4 is 22.7 Å². The average molecular weight is 347 g/mol. The lowest BCUT2D eigenvalue weighted by Crippen LogP contribution is -1.98. The maximum Gasteiger partial charge on any atom is 0.154 e. The van der Waals surface area contributed by atoms with E-state index in [1.54, 1.807) is 17.1 Å². The van der Waals surface area contributed by atoms with Gasteiger partial charge in [-0.1, -0.05) is 0 Å². The maximum absolute atomic E-state index is 9.50. The van der Waals surface area contributed by atoms with E-state index in [0.717, 1.165) is 27.7 Å². The molecule has 4 rings (SSSR count). The Hall–Kier alpha value is -3.39. The van der Waals surface area contributed by atoms with Crippen molar-refractivity contribution in [3.63, 3.8) is 0 Å². The number of nitrogens with one attached hydrogen (secondary N) is 1. The molecule has 4 aromatic rings. The summed E-state index contributed by atoms with van der Waals surface area (Å²) in [5.74, 6) is 1.29. The SMILES string of the molecule is Cc1cnnc(Nc2ccc3ncc(-c4cn(C)nc4CO)cc3n2)c1. The fourth-order valence-corrected chi connectivity index (χ4v) is 2.77. The number of aryl methyl sites for hydroxylation is 2. The molecular formula is C18H17N7O. The van der Waals surface area contributed by atoms with Gasteiger partial charge in [-0.05, 0) is 36.8 Å². The van der Waals surface area contributed by atoms with Crippen LogP contribution in [0.5, 0.6) is 0 Å².